The molecule has 2 N–H and O–H groups in total. The summed E-state index contributed by atoms with van der Waals surface area (Å²) in [6, 6.07) is 0.457. The van der Waals surface area contributed by atoms with Gasteiger partial charge in [0.15, 0.2) is 5.96 Å². The number of rotatable bonds is 8. The van der Waals surface area contributed by atoms with Gasteiger partial charge < -0.3 is 10.6 Å². The highest BCUT2D eigenvalue weighted by molar-refractivity contribution is 14.0. The first-order valence-electron chi connectivity index (χ1n) is 6.65. The van der Waals surface area contributed by atoms with Crippen LogP contribution in [0.15, 0.2) is 4.99 Å². The van der Waals surface area contributed by atoms with E-state index in [4.69, 9.17) is 0 Å². The Hall–Kier alpha value is 0.350. The minimum Gasteiger partial charge on any atom is -0.357 e. The smallest absolute Gasteiger partial charge is 0.191 e. The molecule has 5 heteroatoms. The summed E-state index contributed by atoms with van der Waals surface area (Å²) >= 11 is 1.91. The van der Waals surface area contributed by atoms with E-state index >= 15 is 0 Å². The summed E-state index contributed by atoms with van der Waals surface area (Å²) in [5, 5.41) is 6.73. The van der Waals surface area contributed by atoms with Crippen molar-refractivity contribution < 1.29 is 0 Å². The van der Waals surface area contributed by atoms with Gasteiger partial charge >= 0.3 is 0 Å². The van der Waals surface area contributed by atoms with E-state index in [1.54, 1.807) is 0 Å². The summed E-state index contributed by atoms with van der Waals surface area (Å²) in [5.74, 6) is 2.82. The van der Waals surface area contributed by atoms with Crippen molar-refractivity contribution in [3.63, 3.8) is 0 Å². The van der Waals surface area contributed by atoms with E-state index in [1.807, 2.05) is 11.8 Å². The van der Waals surface area contributed by atoms with Crippen molar-refractivity contribution >= 4 is 41.7 Å². The number of hydrogen-bond donors (Lipinski definition) is 2. The van der Waals surface area contributed by atoms with Gasteiger partial charge in [0.25, 0.3) is 0 Å². The summed E-state index contributed by atoms with van der Waals surface area (Å²) in [4.78, 5) is 4.59. The fourth-order valence-corrected chi connectivity index (χ4v) is 1.74. The van der Waals surface area contributed by atoms with Crippen molar-refractivity contribution in [1.82, 2.24) is 10.6 Å². The Morgan fingerprint density at radius 1 is 1.22 bits per heavy atom. The lowest BCUT2D eigenvalue weighted by Crippen LogP contribution is -2.44. The van der Waals surface area contributed by atoms with Crippen molar-refractivity contribution in [2.45, 2.75) is 46.6 Å². The quantitative estimate of drug-likeness (QED) is 0.290. The Balaban J connectivity index is 0. The molecular formula is C13H30IN3S. The monoisotopic (exact) mass is 387 g/mol. The summed E-state index contributed by atoms with van der Waals surface area (Å²) in [6.07, 6.45) is 4.58. The molecule has 0 aliphatic carbocycles. The molecule has 110 valence electrons. The molecule has 0 heterocycles. The molecule has 0 saturated heterocycles. The topological polar surface area (TPSA) is 36.4 Å². The van der Waals surface area contributed by atoms with Crippen molar-refractivity contribution in [1.29, 1.82) is 0 Å². The van der Waals surface area contributed by atoms with Gasteiger partial charge in [-0.3, -0.25) is 4.99 Å². The molecule has 0 spiro atoms. The second kappa shape index (κ2) is 13.8. The molecule has 0 fully saturated rings. The van der Waals surface area contributed by atoms with Crippen LogP contribution in [-0.4, -0.2) is 37.1 Å². The van der Waals surface area contributed by atoms with Crippen molar-refractivity contribution in [2.75, 3.05) is 25.1 Å². The standard InChI is InChI=1S/C13H29N3S.HI/c1-6-14-13(16-12(4)11(2)3)15-9-7-8-10-17-5;/h11-12H,6-10H2,1-5H3,(H2,14,15,16);1H. The number of unbranched alkanes of at least 4 members (excludes halogenated alkanes) is 1. The Morgan fingerprint density at radius 2 is 1.89 bits per heavy atom. The third-order valence-corrected chi connectivity index (χ3v) is 3.43. The van der Waals surface area contributed by atoms with Gasteiger partial charge in [0.05, 0.1) is 0 Å². The van der Waals surface area contributed by atoms with E-state index in [0.29, 0.717) is 12.0 Å². The molecule has 1 atom stereocenters. The minimum atomic E-state index is 0. The molecular weight excluding hydrogens is 357 g/mol. The van der Waals surface area contributed by atoms with Crippen LogP contribution in [0, 0.1) is 5.92 Å². The maximum Gasteiger partial charge on any atom is 0.191 e. The van der Waals surface area contributed by atoms with E-state index in [2.05, 4.69) is 49.6 Å². The predicted molar refractivity (Wildman–Crippen MR) is 96.4 cm³/mol. The first kappa shape index (κ1) is 20.7. The lowest BCUT2D eigenvalue weighted by Gasteiger charge is -2.20. The lowest BCUT2D eigenvalue weighted by atomic mass is 10.1. The van der Waals surface area contributed by atoms with Crippen LogP contribution in [0.2, 0.25) is 0 Å². The zero-order valence-electron chi connectivity index (χ0n) is 12.5. The lowest BCUT2D eigenvalue weighted by molar-refractivity contribution is 0.481. The van der Waals surface area contributed by atoms with Crippen LogP contribution in [-0.2, 0) is 0 Å². The van der Waals surface area contributed by atoms with Crippen LogP contribution < -0.4 is 10.6 Å². The van der Waals surface area contributed by atoms with Crippen LogP contribution in [0.3, 0.4) is 0 Å². The van der Waals surface area contributed by atoms with Gasteiger partial charge in [-0.1, -0.05) is 13.8 Å². The van der Waals surface area contributed by atoms with Gasteiger partial charge in [0, 0.05) is 19.1 Å². The number of halogens is 1. The highest BCUT2D eigenvalue weighted by Crippen LogP contribution is 2.01. The van der Waals surface area contributed by atoms with Crippen molar-refractivity contribution in [3.05, 3.63) is 0 Å². The zero-order valence-corrected chi connectivity index (χ0v) is 15.6. The predicted octanol–water partition coefficient (Wildman–Crippen LogP) is 3.35. The molecule has 0 aromatic carbocycles. The molecule has 3 nitrogen and oxygen atoms in total. The average Bonchev–Trinajstić information content (AvgIpc) is 2.28. The zero-order chi connectivity index (χ0) is 13.1. The van der Waals surface area contributed by atoms with Crippen LogP contribution in [0.4, 0.5) is 0 Å². The highest BCUT2D eigenvalue weighted by Gasteiger charge is 2.08. The molecule has 0 aliphatic heterocycles. The first-order chi connectivity index (χ1) is 8.11. The van der Waals surface area contributed by atoms with E-state index < -0.39 is 0 Å². The number of thioether (sulfide) groups is 1. The van der Waals surface area contributed by atoms with Crippen molar-refractivity contribution in [3.8, 4) is 0 Å². The average molecular weight is 387 g/mol. The second-order valence-corrected chi connectivity index (χ2v) is 5.62. The van der Waals surface area contributed by atoms with Crippen LogP contribution in [0.1, 0.15) is 40.5 Å². The summed E-state index contributed by atoms with van der Waals surface area (Å²) < 4.78 is 0. The van der Waals surface area contributed by atoms with E-state index in [1.165, 1.54) is 18.6 Å². The minimum absolute atomic E-state index is 0. The molecule has 0 aromatic rings. The fraction of sp³-hybridized carbons (Fsp3) is 0.923. The fourth-order valence-electron chi connectivity index (χ4n) is 1.25. The Kier molecular flexibility index (Phi) is 15.8. The van der Waals surface area contributed by atoms with Crippen LogP contribution in [0.25, 0.3) is 0 Å². The van der Waals surface area contributed by atoms with Gasteiger partial charge in [-0.15, -0.1) is 24.0 Å². The largest absolute Gasteiger partial charge is 0.357 e. The van der Waals surface area contributed by atoms with E-state index in [9.17, 15) is 0 Å². The molecule has 0 saturated carbocycles. The molecule has 1 unspecified atom stereocenters. The Morgan fingerprint density at radius 3 is 2.39 bits per heavy atom. The Labute approximate surface area is 134 Å². The number of hydrogen-bond acceptors (Lipinski definition) is 2. The summed E-state index contributed by atoms with van der Waals surface area (Å²) in [7, 11) is 0. The van der Waals surface area contributed by atoms with Crippen LogP contribution in [0.5, 0.6) is 0 Å². The van der Waals surface area contributed by atoms with E-state index in [0.717, 1.165) is 19.0 Å². The number of aliphatic imine (C=N–C) groups is 1. The van der Waals surface area contributed by atoms with Gasteiger partial charge in [-0.2, -0.15) is 11.8 Å². The highest BCUT2D eigenvalue weighted by atomic mass is 127. The molecule has 0 bridgehead atoms. The van der Waals surface area contributed by atoms with Gasteiger partial charge in [-0.25, -0.2) is 0 Å². The second-order valence-electron chi connectivity index (χ2n) is 4.64. The summed E-state index contributed by atoms with van der Waals surface area (Å²) in [5.41, 5.74) is 0. The van der Waals surface area contributed by atoms with Gasteiger partial charge in [0.1, 0.15) is 0 Å². The first-order valence-corrected chi connectivity index (χ1v) is 8.05. The third kappa shape index (κ3) is 11.4. The maximum atomic E-state index is 4.59. The molecule has 0 aliphatic rings. The third-order valence-electron chi connectivity index (χ3n) is 2.74. The van der Waals surface area contributed by atoms with Crippen molar-refractivity contribution in [2.24, 2.45) is 10.9 Å². The molecule has 0 radical (unpaired) electrons. The SMILES string of the molecule is CCNC(=NCCCCSC)NC(C)C(C)C.I. The maximum absolute atomic E-state index is 4.59. The normalized spacial score (nSPS) is 13.1. The molecule has 0 aromatic heterocycles. The van der Waals surface area contributed by atoms with Crippen LogP contribution >= 0.6 is 35.7 Å². The number of nitrogens with one attached hydrogen (secondary N) is 2. The molecule has 18 heavy (non-hydrogen) atoms. The molecule has 0 amide bonds. The van der Waals surface area contributed by atoms with Gasteiger partial charge in [-0.05, 0) is 44.6 Å². The molecule has 0 rings (SSSR count). The number of nitrogens with zero attached hydrogens (tertiary/aromatic N) is 1. The number of guanidine groups is 1. The van der Waals surface area contributed by atoms with E-state index in [-0.39, 0.29) is 24.0 Å². The van der Waals surface area contributed by atoms with Gasteiger partial charge in [0.2, 0.25) is 0 Å². The Bertz CT molecular complexity index is 210. The summed E-state index contributed by atoms with van der Waals surface area (Å²) in [6.45, 7) is 10.6.